The lowest BCUT2D eigenvalue weighted by Gasteiger charge is -2.04. The van der Waals surface area contributed by atoms with E-state index < -0.39 is 11.9 Å². The average molecular weight is 180 g/mol. The Labute approximate surface area is 76.7 Å². The van der Waals surface area contributed by atoms with Gasteiger partial charge in [0.15, 0.2) is 0 Å². The minimum absolute atomic E-state index is 0.381. The number of aromatic nitrogens is 2. The van der Waals surface area contributed by atoms with Gasteiger partial charge in [0.05, 0.1) is 0 Å². The number of hydrogen-bond donors (Lipinski definition) is 1. The van der Waals surface area contributed by atoms with Crippen LogP contribution < -0.4 is 0 Å². The van der Waals surface area contributed by atoms with Crippen LogP contribution >= 0.6 is 0 Å². The van der Waals surface area contributed by atoms with Crippen molar-refractivity contribution < 1.29 is 9.90 Å². The molecule has 1 rings (SSSR count). The molecular weight excluding hydrogens is 168 g/mol. The summed E-state index contributed by atoms with van der Waals surface area (Å²) in [7, 11) is 0. The molecule has 1 heterocycles. The number of aryl methyl sites for hydroxylation is 1. The third-order valence-corrected chi connectivity index (χ3v) is 1.85. The third kappa shape index (κ3) is 2.24. The van der Waals surface area contributed by atoms with Crippen molar-refractivity contribution >= 4 is 5.97 Å². The van der Waals surface area contributed by atoms with Crippen LogP contribution in [0, 0.1) is 0 Å². The summed E-state index contributed by atoms with van der Waals surface area (Å²) in [5.74, 6) is -1.15. The largest absolute Gasteiger partial charge is 0.481 e. The second-order valence-corrected chi connectivity index (χ2v) is 2.82. The smallest absolute Gasteiger partial charge is 0.313 e. The maximum Gasteiger partial charge on any atom is 0.313 e. The number of nitrogens with zero attached hydrogens (tertiary/aromatic N) is 2. The molecule has 1 N–H and O–H groups in total. The fraction of sp³-hybridized carbons (Fsp3) is 0.444. The van der Waals surface area contributed by atoms with Crippen LogP contribution in [0.3, 0.4) is 0 Å². The summed E-state index contributed by atoms with van der Waals surface area (Å²) in [6.45, 7) is 3.55. The van der Waals surface area contributed by atoms with Crippen LogP contribution in [0.5, 0.6) is 0 Å². The molecular formula is C9H12N2O2. The lowest BCUT2D eigenvalue weighted by molar-refractivity contribution is -0.138. The van der Waals surface area contributed by atoms with Crippen molar-refractivity contribution in [3.63, 3.8) is 0 Å². The Morgan fingerprint density at radius 3 is 2.92 bits per heavy atom. The van der Waals surface area contributed by atoms with Gasteiger partial charge in [-0.3, -0.25) is 4.79 Å². The van der Waals surface area contributed by atoms with Crippen LogP contribution in [0.25, 0.3) is 0 Å². The van der Waals surface area contributed by atoms with Crippen molar-refractivity contribution in [1.29, 1.82) is 0 Å². The molecule has 1 aromatic heterocycles. The molecule has 0 aliphatic rings. The Morgan fingerprint density at radius 1 is 1.69 bits per heavy atom. The molecule has 0 bridgehead atoms. The molecule has 0 saturated heterocycles. The van der Waals surface area contributed by atoms with E-state index in [1.165, 1.54) is 0 Å². The summed E-state index contributed by atoms with van der Waals surface area (Å²) in [5, 5.41) is 8.72. The van der Waals surface area contributed by atoms with Crippen LogP contribution in [0.2, 0.25) is 0 Å². The lowest BCUT2D eigenvalue weighted by Crippen LogP contribution is -2.11. The van der Waals surface area contributed by atoms with E-state index in [9.17, 15) is 4.79 Å². The van der Waals surface area contributed by atoms with Crippen LogP contribution in [-0.4, -0.2) is 21.0 Å². The summed E-state index contributed by atoms with van der Waals surface area (Å²) in [4.78, 5) is 18.7. The highest BCUT2D eigenvalue weighted by atomic mass is 16.4. The van der Waals surface area contributed by atoms with Crippen molar-refractivity contribution in [2.45, 2.75) is 26.2 Å². The van der Waals surface area contributed by atoms with Gasteiger partial charge in [-0.05, 0) is 19.4 Å². The summed E-state index contributed by atoms with van der Waals surface area (Å²) >= 11 is 0. The van der Waals surface area contributed by atoms with Gasteiger partial charge in [-0.15, -0.1) is 0 Å². The van der Waals surface area contributed by atoms with Gasteiger partial charge >= 0.3 is 5.97 Å². The summed E-state index contributed by atoms with van der Waals surface area (Å²) in [5.41, 5.74) is 0.873. The number of aliphatic carboxylic acids is 1. The highest BCUT2D eigenvalue weighted by molar-refractivity contribution is 5.74. The molecule has 1 atom stereocenters. The van der Waals surface area contributed by atoms with Crippen LogP contribution in [0.1, 0.15) is 31.3 Å². The second kappa shape index (κ2) is 3.98. The summed E-state index contributed by atoms with van der Waals surface area (Å²) < 4.78 is 0. The maximum atomic E-state index is 10.6. The first-order chi connectivity index (χ1) is 6.15. The predicted molar refractivity (Wildman–Crippen MR) is 47.5 cm³/mol. The molecule has 0 saturated carbocycles. The molecule has 13 heavy (non-hydrogen) atoms. The van der Waals surface area contributed by atoms with E-state index >= 15 is 0 Å². The molecule has 0 spiro atoms. The Kier molecular flexibility index (Phi) is 2.95. The van der Waals surface area contributed by atoms with E-state index in [0.29, 0.717) is 5.82 Å². The van der Waals surface area contributed by atoms with Gasteiger partial charge in [-0.2, -0.15) is 0 Å². The highest BCUT2D eigenvalue weighted by Crippen LogP contribution is 2.09. The normalized spacial score (nSPS) is 12.5. The van der Waals surface area contributed by atoms with E-state index in [2.05, 4.69) is 9.97 Å². The minimum atomic E-state index is -0.895. The zero-order chi connectivity index (χ0) is 9.84. The fourth-order valence-electron chi connectivity index (χ4n) is 0.929. The van der Waals surface area contributed by atoms with Crippen molar-refractivity contribution in [2.24, 2.45) is 0 Å². The van der Waals surface area contributed by atoms with Crippen molar-refractivity contribution in [1.82, 2.24) is 9.97 Å². The molecule has 1 aromatic rings. The molecule has 70 valence electrons. The van der Waals surface area contributed by atoms with Crippen molar-refractivity contribution in [2.75, 3.05) is 0 Å². The molecule has 4 nitrogen and oxygen atoms in total. The fourth-order valence-corrected chi connectivity index (χ4v) is 0.929. The van der Waals surface area contributed by atoms with Crippen LogP contribution in [0.4, 0.5) is 0 Å². The van der Waals surface area contributed by atoms with Crippen molar-refractivity contribution in [3.05, 3.63) is 23.8 Å². The molecule has 0 amide bonds. The van der Waals surface area contributed by atoms with Crippen molar-refractivity contribution in [3.8, 4) is 0 Å². The van der Waals surface area contributed by atoms with Gasteiger partial charge in [0.25, 0.3) is 0 Å². The summed E-state index contributed by atoms with van der Waals surface area (Å²) in [6, 6.07) is 1.79. The van der Waals surface area contributed by atoms with Gasteiger partial charge in [0, 0.05) is 11.9 Å². The number of rotatable bonds is 3. The Balaban J connectivity index is 2.94. The number of carboxylic acid groups (broad SMARTS) is 1. The quantitative estimate of drug-likeness (QED) is 0.759. The molecule has 0 aromatic carbocycles. The lowest BCUT2D eigenvalue weighted by atomic mass is 10.1. The molecule has 0 aliphatic heterocycles. The maximum absolute atomic E-state index is 10.6. The molecule has 1 unspecified atom stereocenters. The zero-order valence-electron chi connectivity index (χ0n) is 7.69. The first-order valence-corrected chi connectivity index (χ1v) is 4.19. The number of carboxylic acids is 1. The standard InChI is InChI=1S/C9H12N2O2/c1-3-7-4-5-10-8(11-7)6(2)9(12)13/h4-6H,3H2,1-2H3,(H,12,13). The topological polar surface area (TPSA) is 63.1 Å². The van der Waals surface area contributed by atoms with Gasteiger partial charge in [0.1, 0.15) is 11.7 Å². The third-order valence-electron chi connectivity index (χ3n) is 1.85. The Morgan fingerprint density at radius 2 is 2.38 bits per heavy atom. The van der Waals surface area contributed by atoms with Gasteiger partial charge in [-0.1, -0.05) is 6.92 Å². The predicted octanol–water partition coefficient (Wildman–Crippen LogP) is 1.23. The van der Waals surface area contributed by atoms with E-state index in [0.717, 1.165) is 12.1 Å². The minimum Gasteiger partial charge on any atom is -0.481 e. The first-order valence-electron chi connectivity index (χ1n) is 4.19. The first kappa shape index (κ1) is 9.64. The molecule has 4 heteroatoms. The zero-order valence-corrected chi connectivity index (χ0v) is 7.69. The van der Waals surface area contributed by atoms with Gasteiger partial charge in [-0.25, -0.2) is 9.97 Å². The summed E-state index contributed by atoms with van der Waals surface area (Å²) in [6.07, 6.45) is 2.39. The van der Waals surface area contributed by atoms with Gasteiger partial charge < -0.3 is 5.11 Å². The number of hydrogen-bond acceptors (Lipinski definition) is 3. The monoisotopic (exact) mass is 180 g/mol. The molecule has 0 fully saturated rings. The molecule has 0 aliphatic carbocycles. The highest BCUT2D eigenvalue weighted by Gasteiger charge is 2.16. The Hall–Kier alpha value is -1.45. The second-order valence-electron chi connectivity index (χ2n) is 2.82. The van der Waals surface area contributed by atoms with E-state index in [1.807, 2.05) is 6.92 Å². The SMILES string of the molecule is CCc1ccnc(C(C)C(=O)O)n1. The van der Waals surface area contributed by atoms with Gasteiger partial charge in [0.2, 0.25) is 0 Å². The van der Waals surface area contributed by atoms with Crippen LogP contribution in [-0.2, 0) is 11.2 Å². The van der Waals surface area contributed by atoms with Crippen LogP contribution in [0.15, 0.2) is 12.3 Å². The number of carbonyl (C=O) groups is 1. The Bertz CT molecular complexity index is 312. The van der Waals surface area contributed by atoms with E-state index in [1.54, 1.807) is 19.2 Å². The average Bonchev–Trinajstić information content (AvgIpc) is 2.16. The van der Waals surface area contributed by atoms with E-state index in [-0.39, 0.29) is 0 Å². The molecule has 0 radical (unpaired) electrons. The van der Waals surface area contributed by atoms with E-state index in [4.69, 9.17) is 5.11 Å².